The maximum atomic E-state index is 13.6. The number of halogens is 1. The van der Waals surface area contributed by atoms with Gasteiger partial charge in [-0.1, -0.05) is 12.1 Å². The number of hydrogen-bond donors (Lipinski definition) is 1. The summed E-state index contributed by atoms with van der Waals surface area (Å²) in [5.41, 5.74) is 0. The van der Waals surface area contributed by atoms with Crippen LogP contribution in [0.5, 0.6) is 5.75 Å². The van der Waals surface area contributed by atoms with Gasteiger partial charge in [-0.3, -0.25) is 9.80 Å². The van der Waals surface area contributed by atoms with Crippen molar-refractivity contribution < 1.29 is 14.2 Å². The summed E-state index contributed by atoms with van der Waals surface area (Å²) in [6.07, 6.45) is 4.71. The third-order valence-corrected chi connectivity index (χ3v) is 5.13. The Hall–Kier alpha value is -1.17. The SMILES string of the molecule is OCC1CCCN1CC1CCCN1CCOc1ccccc1F. The van der Waals surface area contributed by atoms with Crippen molar-refractivity contribution in [1.29, 1.82) is 0 Å². The van der Waals surface area contributed by atoms with Crippen molar-refractivity contribution in [1.82, 2.24) is 9.80 Å². The molecule has 1 N–H and O–H groups in total. The molecule has 5 heteroatoms. The van der Waals surface area contributed by atoms with E-state index in [4.69, 9.17) is 4.74 Å². The van der Waals surface area contributed by atoms with Crippen LogP contribution in [0.1, 0.15) is 25.7 Å². The van der Waals surface area contributed by atoms with E-state index >= 15 is 0 Å². The van der Waals surface area contributed by atoms with Crippen molar-refractivity contribution in [3.8, 4) is 5.75 Å². The Kier molecular flexibility index (Phi) is 5.86. The first-order chi connectivity index (χ1) is 11.3. The number of hydrogen-bond acceptors (Lipinski definition) is 4. The second-order valence-electron chi connectivity index (χ2n) is 6.58. The van der Waals surface area contributed by atoms with Gasteiger partial charge in [-0.25, -0.2) is 4.39 Å². The molecule has 0 aromatic heterocycles. The van der Waals surface area contributed by atoms with Crippen LogP contribution < -0.4 is 4.74 Å². The largest absolute Gasteiger partial charge is 0.489 e. The molecule has 1 aromatic carbocycles. The standard InChI is InChI=1S/C18H27FN2O2/c19-17-7-1-2-8-18(17)23-12-11-20-9-3-5-15(20)13-21-10-4-6-16(21)14-22/h1-2,7-8,15-16,22H,3-6,9-14H2. The highest BCUT2D eigenvalue weighted by Crippen LogP contribution is 2.23. The van der Waals surface area contributed by atoms with Gasteiger partial charge in [0, 0.05) is 25.2 Å². The van der Waals surface area contributed by atoms with Crippen LogP contribution in [0.4, 0.5) is 4.39 Å². The van der Waals surface area contributed by atoms with E-state index < -0.39 is 0 Å². The predicted molar refractivity (Wildman–Crippen MR) is 88.2 cm³/mol. The Morgan fingerprint density at radius 2 is 1.83 bits per heavy atom. The van der Waals surface area contributed by atoms with E-state index in [1.165, 1.54) is 25.3 Å². The monoisotopic (exact) mass is 322 g/mol. The topological polar surface area (TPSA) is 35.9 Å². The van der Waals surface area contributed by atoms with E-state index in [1.807, 2.05) is 0 Å². The summed E-state index contributed by atoms with van der Waals surface area (Å²) in [6.45, 7) is 4.83. The summed E-state index contributed by atoms with van der Waals surface area (Å²) in [5, 5.41) is 9.46. The van der Waals surface area contributed by atoms with Crippen molar-refractivity contribution >= 4 is 0 Å². The van der Waals surface area contributed by atoms with Crippen molar-refractivity contribution in [2.24, 2.45) is 0 Å². The van der Waals surface area contributed by atoms with Gasteiger partial charge >= 0.3 is 0 Å². The molecule has 23 heavy (non-hydrogen) atoms. The highest BCUT2D eigenvalue weighted by atomic mass is 19.1. The van der Waals surface area contributed by atoms with Gasteiger partial charge in [0.15, 0.2) is 11.6 Å². The molecule has 2 unspecified atom stereocenters. The fraction of sp³-hybridized carbons (Fsp3) is 0.667. The molecule has 2 heterocycles. The molecule has 0 aliphatic carbocycles. The van der Waals surface area contributed by atoms with Gasteiger partial charge in [0.25, 0.3) is 0 Å². The first kappa shape index (κ1) is 16.7. The van der Waals surface area contributed by atoms with Gasteiger partial charge < -0.3 is 9.84 Å². The second kappa shape index (κ2) is 8.08. The molecular formula is C18H27FN2O2. The Morgan fingerprint density at radius 3 is 2.61 bits per heavy atom. The van der Waals surface area contributed by atoms with Gasteiger partial charge in [0.2, 0.25) is 0 Å². The fourth-order valence-corrected chi connectivity index (χ4v) is 3.84. The number of aliphatic hydroxyl groups is 1. The lowest BCUT2D eigenvalue weighted by molar-refractivity contribution is 0.114. The zero-order valence-electron chi connectivity index (χ0n) is 13.7. The molecule has 2 fully saturated rings. The highest BCUT2D eigenvalue weighted by Gasteiger charge is 2.31. The van der Waals surface area contributed by atoms with Gasteiger partial charge in [-0.15, -0.1) is 0 Å². The molecule has 0 radical (unpaired) electrons. The van der Waals surface area contributed by atoms with Crippen LogP contribution in [-0.4, -0.2) is 66.4 Å². The fourth-order valence-electron chi connectivity index (χ4n) is 3.84. The number of rotatable bonds is 7. The molecule has 128 valence electrons. The number of likely N-dealkylation sites (tertiary alicyclic amines) is 2. The molecule has 2 atom stereocenters. The Balaban J connectivity index is 1.46. The van der Waals surface area contributed by atoms with Gasteiger partial charge in [0.05, 0.1) is 6.61 Å². The minimum Gasteiger partial charge on any atom is -0.489 e. The molecule has 0 saturated carbocycles. The van der Waals surface area contributed by atoms with Crippen LogP contribution in [0.15, 0.2) is 24.3 Å². The lowest BCUT2D eigenvalue weighted by atomic mass is 10.2. The molecule has 0 amide bonds. The average Bonchev–Trinajstić information content (AvgIpc) is 3.19. The van der Waals surface area contributed by atoms with Gasteiger partial charge in [0.1, 0.15) is 6.61 Å². The van der Waals surface area contributed by atoms with E-state index in [0.29, 0.717) is 24.4 Å². The van der Waals surface area contributed by atoms with Crippen molar-refractivity contribution in [3.05, 3.63) is 30.1 Å². The summed E-state index contributed by atoms with van der Waals surface area (Å²) in [7, 11) is 0. The molecule has 0 bridgehead atoms. The van der Waals surface area contributed by atoms with Gasteiger partial charge in [-0.05, 0) is 50.9 Å². The van der Waals surface area contributed by atoms with E-state index in [-0.39, 0.29) is 12.4 Å². The smallest absolute Gasteiger partial charge is 0.165 e. The summed E-state index contributed by atoms with van der Waals surface area (Å²) < 4.78 is 19.1. The maximum absolute atomic E-state index is 13.6. The summed E-state index contributed by atoms with van der Waals surface area (Å²) in [4.78, 5) is 4.88. The van der Waals surface area contributed by atoms with Crippen LogP contribution in [0.3, 0.4) is 0 Å². The van der Waals surface area contributed by atoms with Crippen LogP contribution in [0.25, 0.3) is 0 Å². The molecule has 0 spiro atoms. The molecular weight excluding hydrogens is 295 g/mol. The number of nitrogens with zero attached hydrogens (tertiary/aromatic N) is 2. The first-order valence-electron chi connectivity index (χ1n) is 8.74. The van der Waals surface area contributed by atoms with Gasteiger partial charge in [-0.2, -0.15) is 0 Å². The number of para-hydroxylation sites is 1. The molecule has 3 rings (SSSR count). The Bertz CT molecular complexity index is 500. The lowest BCUT2D eigenvalue weighted by Crippen LogP contribution is -2.44. The second-order valence-corrected chi connectivity index (χ2v) is 6.58. The van der Waals surface area contributed by atoms with Crippen LogP contribution in [0, 0.1) is 5.82 Å². The quantitative estimate of drug-likeness (QED) is 0.834. The van der Waals surface area contributed by atoms with E-state index in [1.54, 1.807) is 18.2 Å². The third kappa shape index (κ3) is 4.22. The minimum atomic E-state index is -0.298. The molecule has 2 aliphatic heterocycles. The third-order valence-electron chi connectivity index (χ3n) is 5.13. The minimum absolute atomic E-state index is 0.267. The molecule has 2 aliphatic rings. The number of aliphatic hydroxyl groups excluding tert-OH is 1. The normalized spacial score (nSPS) is 26.0. The zero-order valence-corrected chi connectivity index (χ0v) is 13.7. The first-order valence-corrected chi connectivity index (χ1v) is 8.74. The van der Waals surface area contributed by atoms with E-state index in [0.717, 1.165) is 32.6 Å². The zero-order chi connectivity index (χ0) is 16.1. The van der Waals surface area contributed by atoms with Crippen molar-refractivity contribution in [3.63, 3.8) is 0 Å². The Labute approximate surface area is 137 Å². The van der Waals surface area contributed by atoms with Crippen molar-refractivity contribution in [2.75, 3.05) is 39.4 Å². The number of benzene rings is 1. The van der Waals surface area contributed by atoms with Crippen LogP contribution in [0.2, 0.25) is 0 Å². The summed E-state index contributed by atoms with van der Waals surface area (Å²) in [5.74, 6) is 0.0384. The lowest BCUT2D eigenvalue weighted by Gasteiger charge is -2.31. The maximum Gasteiger partial charge on any atom is 0.165 e. The van der Waals surface area contributed by atoms with E-state index in [2.05, 4.69) is 9.80 Å². The molecule has 2 saturated heterocycles. The number of ether oxygens (including phenoxy) is 1. The summed E-state index contributed by atoms with van der Waals surface area (Å²) >= 11 is 0. The van der Waals surface area contributed by atoms with Crippen molar-refractivity contribution in [2.45, 2.75) is 37.8 Å². The molecule has 1 aromatic rings. The highest BCUT2D eigenvalue weighted by molar-refractivity contribution is 5.23. The van der Waals surface area contributed by atoms with Crippen LogP contribution >= 0.6 is 0 Å². The summed E-state index contributed by atoms with van der Waals surface area (Å²) in [6, 6.07) is 7.44. The Morgan fingerprint density at radius 1 is 1.09 bits per heavy atom. The van der Waals surface area contributed by atoms with E-state index in [9.17, 15) is 9.50 Å². The van der Waals surface area contributed by atoms with Crippen LogP contribution in [-0.2, 0) is 0 Å². The molecule has 4 nitrogen and oxygen atoms in total. The average molecular weight is 322 g/mol. The predicted octanol–water partition coefficient (Wildman–Crippen LogP) is 2.13.